The summed E-state index contributed by atoms with van der Waals surface area (Å²) in [5.41, 5.74) is 0. The molecule has 5 aliphatic carbocycles. The molecule has 0 N–H and O–H groups in total. The molecule has 0 aliphatic heterocycles. The van der Waals surface area contributed by atoms with Crippen LogP contribution in [0.2, 0.25) is 0 Å². The maximum atomic E-state index is 11.9. The first-order valence-electron chi connectivity index (χ1n) is 5.38. The van der Waals surface area contributed by atoms with Gasteiger partial charge in [0.05, 0.1) is 0 Å². The molecule has 66 valence electrons. The number of ketones is 2. The summed E-state index contributed by atoms with van der Waals surface area (Å²) in [6.45, 7) is 0. The second kappa shape index (κ2) is 1.32. The summed E-state index contributed by atoms with van der Waals surface area (Å²) >= 11 is 0. The van der Waals surface area contributed by atoms with Gasteiger partial charge in [-0.1, -0.05) is 0 Å². The minimum atomic E-state index is 0.211. The first-order chi connectivity index (χ1) is 6.30. The fourth-order valence-electron chi connectivity index (χ4n) is 5.80. The van der Waals surface area contributed by atoms with Gasteiger partial charge < -0.3 is 0 Å². The lowest BCUT2D eigenvalue weighted by Crippen LogP contribution is -2.47. The van der Waals surface area contributed by atoms with Gasteiger partial charge in [0, 0.05) is 23.7 Å². The van der Waals surface area contributed by atoms with Crippen LogP contribution in [0.5, 0.6) is 0 Å². The van der Waals surface area contributed by atoms with Gasteiger partial charge in [-0.3, -0.25) is 9.59 Å². The fraction of sp³-hybridized carbons (Fsp3) is 0.818. The van der Waals surface area contributed by atoms with Gasteiger partial charge in [-0.05, 0) is 30.1 Å². The van der Waals surface area contributed by atoms with E-state index >= 15 is 0 Å². The van der Waals surface area contributed by atoms with Crippen LogP contribution in [0, 0.1) is 47.3 Å². The third kappa shape index (κ3) is 0.323. The molecular weight excluding hydrogens is 164 g/mol. The Hall–Kier alpha value is -0.660. The van der Waals surface area contributed by atoms with Crippen LogP contribution >= 0.6 is 0 Å². The van der Waals surface area contributed by atoms with Crippen molar-refractivity contribution in [2.24, 2.45) is 47.3 Å². The van der Waals surface area contributed by atoms with Crippen molar-refractivity contribution in [3.05, 3.63) is 0 Å². The van der Waals surface area contributed by atoms with Gasteiger partial charge in [0.1, 0.15) is 11.6 Å². The molecule has 13 heavy (non-hydrogen) atoms. The Labute approximate surface area is 75.7 Å². The minimum Gasteiger partial charge on any atom is -0.299 e. The molecule has 0 aromatic rings. The molecular formula is C11H10O2. The van der Waals surface area contributed by atoms with E-state index in [1.807, 2.05) is 0 Å². The number of hydrogen-bond acceptors (Lipinski definition) is 2. The Morgan fingerprint density at radius 3 is 1.69 bits per heavy atom. The first-order valence-corrected chi connectivity index (χ1v) is 5.38. The van der Waals surface area contributed by atoms with Crippen molar-refractivity contribution >= 4 is 11.6 Å². The van der Waals surface area contributed by atoms with Crippen molar-refractivity contribution in [1.29, 1.82) is 0 Å². The highest BCUT2D eigenvalue weighted by molar-refractivity contribution is 6.06. The average molecular weight is 174 g/mol. The molecule has 0 radical (unpaired) electrons. The molecule has 5 rings (SSSR count). The Bertz CT molecular complexity index is 346. The topological polar surface area (TPSA) is 34.1 Å². The summed E-state index contributed by atoms with van der Waals surface area (Å²) in [6.07, 6.45) is 1.22. The lowest BCUT2D eigenvalue weighted by atomic mass is 9.59. The summed E-state index contributed by atoms with van der Waals surface area (Å²) in [5, 5.41) is 0. The molecule has 5 fully saturated rings. The highest BCUT2D eigenvalue weighted by atomic mass is 16.1. The molecule has 0 heterocycles. The van der Waals surface area contributed by atoms with Crippen molar-refractivity contribution in [1.82, 2.24) is 0 Å². The third-order valence-electron chi connectivity index (χ3n) is 5.82. The quantitative estimate of drug-likeness (QED) is 0.536. The lowest BCUT2D eigenvalue weighted by molar-refractivity contribution is -0.145. The van der Waals surface area contributed by atoms with Gasteiger partial charge >= 0.3 is 0 Å². The summed E-state index contributed by atoms with van der Waals surface area (Å²) < 4.78 is 0. The van der Waals surface area contributed by atoms with E-state index in [0.717, 1.165) is 0 Å². The number of hydrogen-bond donors (Lipinski definition) is 0. The smallest absolute Gasteiger partial charge is 0.141 e. The second-order valence-electron chi connectivity index (χ2n) is 5.63. The molecule has 0 amide bonds. The number of carbonyl (C=O) groups excluding carboxylic acids is 2. The largest absolute Gasteiger partial charge is 0.299 e. The van der Waals surface area contributed by atoms with Crippen LogP contribution in [-0.2, 0) is 9.59 Å². The molecule has 0 saturated heterocycles. The number of carbonyl (C=O) groups is 2. The van der Waals surface area contributed by atoms with Crippen molar-refractivity contribution in [2.45, 2.75) is 6.42 Å². The first kappa shape index (κ1) is 5.94. The van der Waals surface area contributed by atoms with Crippen LogP contribution in [0.4, 0.5) is 0 Å². The molecule has 0 aromatic heterocycles. The number of fused-ring (bicyclic) bond motifs is 2. The molecule has 2 heteroatoms. The average Bonchev–Trinajstić information content (AvgIpc) is 2.52. The van der Waals surface area contributed by atoms with E-state index in [1.54, 1.807) is 0 Å². The molecule has 8 atom stereocenters. The van der Waals surface area contributed by atoms with Crippen molar-refractivity contribution in [2.75, 3.05) is 0 Å². The van der Waals surface area contributed by atoms with Crippen molar-refractivity contribution in [3.8, 4) is 0 Å². The van der Waals surface area contributed by atoms with Gasteiger partial charge in [0.2, 0.25) is 0 Å². The molecule has 0 spiro atoms. The standard InChI is InChI=1S/C11H10O2/c12-10-6-2-1-3-5-4(2)8(10)9(5)11(13)7(3)6/h2-9H,1H2/t2-,3+,4+,5-,6-,7-,8-,9+/m1/s1. The highest BCUT2D eigenvalue weighted by Gasteiger charge is 2.84. The van der Waals surface area contributed by atoms with Gasteiger partial charge in [0.15, 0.2) is 0 Å². The maximum absolute atomic E-state index is 11.9. The minimum absolute atomic E-state index is 0.211. The Morgan fingerprint density at radius 1 is 0.769 bits per heavy atom. The van der Waals surface area contributed by atoms with E-state index in [2.05, 4.69) is 0 Å². The predicted octanol–water partition coefficient (Wildman–Crippen LogP) is 0.512. The number of rotatable bonds is 0. The van der Waals surface area contributed by atoms with E-state index in [-0.39, 0.29) is 23.7 Å². The summed E-state index contributed by atoms with van der Waals surface area (Å²) in [4.78, 5) is 23.8. The Balaban J connectivity index is 1.92. The van der Waals surface area contributed by atoms with E-state index < -0.39 is 0 Å². The van der Waals surface area contributed by atoms with E-state index in [1.165, 1.54) is 6.42 Å². The molecule has 0 unspecified atom stereocenters. The van der Waals surface area contributed by atoms with Gasteiger partial charge in [-0.2, -0.15) is 0 Å². The van der Waals surface area contributed by atoms with Gasteiger partial charge in [-0.25, -0.2) is 0 Å². The Kier molecular flexibility index (Phi) is 0.602. The van der Waals surface area contributed by atoms with Crippen LogP contribution in [0.3, 0.4) is 0 Å². The van der Waals surface area contributed by atoms with E-state index in [4.69, 9.17) is 0 Å². The van der Waals surface area contributed by atoms with Crippen LogP contribution in [0.25, 0.3) is 0 Å². The maximum Gasteiger partial charge on any atom is 0.141 e. The van der Waals surface area contributed by atoms with Crippen molar-refractivity contribution in [3.63, 3.8) is 0 Å². The SMILES string of the molecule is O=C1[C@@H]2[C@H]3C[C@H]4[C@H]2C(=O)[C@H]2[C@@H]1[C@H]3[C@H]42. The molecule has 2 bridgehead atoms. The van der Waals surface area contributed by atoms with Crippen LogP contribution in [0.15, 0.2) is 0 Å². The van der Waals surface area contributed by atoms with E-state index in [0.29, 0.717) is 35.2 Å². The zero-order chi connectivity index (χ0) is 8.48. The summed E-state index contributed by atoms with van der Waals surface area (Å²) in [5.74, 6) is 4.49. The Morgan fingerprint density at radius 2 is 1.23 bits per heavy atom. The summed E-state index contributed by atoms with van der Waals surface area (Å²) in [6, 6.07) is 0. The zero-order valence-corrected chi connectivity index (χ0v) is 7.14. The summed E-state index contributed by atoms with van der Waals surface area (Å²) in [7, 11) is 0. The monoisotopic (exact) mass is 174 g/mol. The molecule has 2 nitrogen and oxygen atoms in total. The molecule has 0 aromatic carbocycles. The van der Waals surface area contributed by atoms with Crippen LogP contribution in [-0.4, -0.2) is 11.6 Å². The lowest BCUT2D eigenvalue weighted by Gasteiger charge is -2.42. The fourth-order valence-corrected chi connectivity index (χ4v) is 5.80. The van der Waals surface area contributed by atoms with Crippen molar-refractivity contribution < 1.29 is 9.59 Å². The highest BCUT2D eigenvalue weighted by Crippen LogP contribution is 2.80. The van der Waals surface area contributed by atoms with Crippen LogP contribution in [0.1, 0.15) is 6.42 Å². The van der Waals surface area contributed by atoms with Gasteiger partial charge in [-0.15, -0.1) is 0 Å². The predicted molar refractivity (Wildman–Crippen MR) is 42.6 cm³/mol. The normalized spacial score (nSPS) is 74.2. The van der Waals surface area contributed by atoms with Gasteiger partial charge in [0.25, 0.3) is 0 Å². The zero-order valence-electron chi connectivity index (χ0n) is 7.14. The van der Waals surface area contributed by atoms with Crippen LogP contribution < -0.4 is 0 Å². The molecule has 5 saturated carbocycles. The third-order valence-corrected chi connectivity index (χ3v) is 5.82. The van der Waals surface area contributed by atoms with E-state index in [9.17, 15) is 9.59 Å². The number of Topliss-reactive ketones (excluding diaryl/α,β-unsaturated/α-hetero) is 2. The molecule has 5 aliphatic rings. The second-order valence-corrected chi connectivity index (χ2v) is 5.63.